The largest absolute Gasteiger partial charge is 0.348 e. The lowest BCUT2D eigenvalue weighted by Crippen LogP contribution is -2.44. The van der Waals surface area contributed by atoms with E-state index in [0.717, 1.165) is 60.1 Å². The van der Waals surface area contributed by atoms with Crippen molar-refractivity contribution in [3.63, 3.8) is 0 Å². The molecule has 7 heteroatoms. The van der Waals surface area contributed by atoms with E-state index in [0.29, 0.717) is 24.4 Å². The summed E-state index contributed by atoms with van der Waals surface area (Å²) in [5.74, 6) is 0.549. The maximum absolute atomic E-state index is 13.1. The maximum Gasteiger partial charge on any atom is 0.270 e. The molecule has 2 aliphatic heterocycles. The van der Waals surface area contributed by atoms with Crippen LogP contribution in [0.15, 0.2) is 72.9 Å². The minimum atomic E-state index is -0.612. The van der Waals surface area contributed by atoms with Gasteiger partial charge >= 0.3 is 0 Å². The van der Waals surface area contributed by atoms with Crippen molar-refractivity contribution < 1.29 is 9.59 Å². The summed E-state index contributed by atoms with van der Waals surface area (Å²) in [4.78, 5) is 37.7. The van der Waals surface area contributed by atoms with Crippen LogP contribution in [0.2, 0.25) is 0 Å². The van der Waals surface area contributed by atoms with Crippen molar-refractivity contribution in [2.75, 3.05) is 18.4 Å². The van der Waals surface area contributed by atoms with Crippen LogP contribution in [0.25, 0.3) is 10.9 Å². The lowest BCUT2D eigenvalue weighted by Gasteiger charge is -2.32. The molecule has 2 amide bonds. The SMILES string of the molecule is O=C(NC1CCN(Cc2ccccc2)CC1)c1ccc2cc3c(cc2n1)CC1(C3)C(=O)Nc2ncccc21. The van der Waals surface area contributed by atoms with Crippen molar-refractivity contribution in [2.45, 2.75) is 43.7 Å². The number of carbonyl (C=O) groups is 2. The lowest BCUT2D eigenvalue weighted by atomic mass is 9.79. The van der Waals surface area contributed by atoms with Gasteiger partial charge in [0.05, 0.1) is 10.9 Å². The third-order valence-corrected chi connectivity index (χ3v) is 8.39. The summed E-state index contributed by atoms with van der Waals surface area (Å²) in [6.07, 6.45) is 4.83. The first-order chi connectivity index (χ1) is 18.6. The van der Waals surface area contributed by atoms with E-state index < -0.39 is 5.41 Å². The molecule has 4 heterocycles. The number of nitrogens with zero attached hydrogens (tertiary/aromatic N) is 3. The molecule has 1 fully saturated rings. The second-order valence-corrected chi connectivity index (χ2v) is 10.8. The molecule has 1 spiro atoms. The lowest BCUT2D eigenvalue weighted by molar-refractivity contribution is -0.120. The van der Waals surface area contributed by atoms with Gasteiger partial charge < -0.3 is 10.6 Å². The zero-order chi connectivity index (χ0) is 25.7. The van der Waals surface area contributed by atoms with Crippen LogP contribution >= 0.6 is 0 Å². The fraction of sp³-hybridized carbons (Fsp3) is 0.290. The minimum absolute atomic E-state index is 0.00861. The Labute approximate surface area is 221 Å². The first-order valence-electron chi connectivity index (χ1n) is 13.3. The van der Waals surface area contributed by atoms with Crippen molar-refractivity contribution in [1.29, 1.82) is 0 Å². The number of likely N-dealkylation sites (tertiary alicyclic amines) is 1. The number of aromatic nitrogens is 2. The molecule has 1 saturated heterocycles. The first kappa shape index (κ1) is 23.0. The summed E-state index contributed by atoms with van der Waals surface area (Å²) < 4.78 is 0. The summed E-state index contributed by atoms with van der Waals surface area (Å²) >= 11 is 0. The molecule has 190 valence electrons. The summed E-state index contributed by atoms with van der Waals surface area (Å²) in [6, 6.07) is 22.5. The number of hydrogen-bond acceptors (Lipinski definition) is 5. The Morgan fingerprint density at radius 1 is 1.00 bits per heavy atom. The third kappa shape index (κ3) is 3.94. The van der Waals surface area contributed by atoms with Gasteiger partial charge in [-0.1, -0.05) is 42.5 Å². The Hall–Kier alpha value is -4.10. The molecule has 7 nitrogen and oxygen atoms in total. The predicted molar refractivity (Wildman–Crippen MR) is 146 cm³/mol. The molecule has 2 aromatic heterocycles. The fourth-order valence-corrected chi connectivity index (χ4v) is 6.36. The number of hydrogen-bond donors (Lipinski definition) is 2. The Balaban J connectivity index is 1.05. The summed E-state index contributed by atoms with van der Waals surface area (Å²) in [6.45, 7) is 2.87. The molecular formula is C31H29N5O2. The average molecular weight is 504 g/mol. The molecule has 1 aliphatic carbocycles. The number of fused-ring (bicyclic) bond motifs is 4. The van der Waals surface area contributed by atoms with Gasteiger partial charge in [-0.3, -0.25) is 14.5 Å². The van der Waals surface area contributed by atoms with Crippen LogP contribution < -0.4 is 10.6 Å². The zero-order valence-electron chi connectivity index (χ0n) is 21.1. The van der Waals surface area contributed by atoms with Gasteiger partial charge in [0.15, 0.2) is 0 Å². The van der Waals surface area contributed by atoms with E-state index in [2.05, 4.69) is 56.9 Å². The molecule has 0 radical (unpaired) electrons. The van der Waals surface area contributed by atoms with E-state index >= 15 is 0 Å². The highest BCUT2D eigenvalue weighted by Crippen LogP contribution is 2.47. The molecule has 3 aliphatic rings. The fourth-order valence-electron chi connectivity index (χ4n) is 6.36. The molecule has 7 rings (SSSR count). The Kier molecular flexibility index (Phi) is 5.48. The topological polar surface area (TPSA) is 87.2 Å². The molecule has 2 aromatic carbocycles. The van der Waals surface area contributed by atoms with E-state index in [-0.39, 0.29) is 17.9 Å². The number of piperidine rings is 1. The van der Waals surface area contributed by atoms with Crippen molar-refractivity contribution in [3.8, 4) is 0 Å². The van der Waals surface area contributed by atoms with Gasteiger partial charge in [0, 0.05) is 42.8 Å². The number of pyridine rings is 2. The van der Waals surface area contributed by atoms with Crippen LogP contribution in [0, 0.1) is 0 Å². The van der Waals surface area contributed by atoms with Crippen molar-refractivity contribution in [3.05, 3.63) is 101 Å². The smallest absolute Gasteiger partial charge is 0.270 e. The standard InChI is InChI=1S/C31H29N5O2/c37-29(33-24-10-13-36(14-11-24)19-20-5-2-1-3-6-20)26-9-8-21-15-22-17-31(18-23(22)16-27(21)34-26)25-7-4-12-32-28(25)35-30(31)38/h1-9,12,15-16,24H,10-11,13-14,17-19H2,(H,33,37)(H,32,35,38). The highest BCUT2D eigenvalue weighted by Gasteiger charge is 2.51. The number of anilines is 1. The Morgan fingerprint density at radius 2 is 1.79 bits per heavy atom. The predicted octanol–water partition coefficient (Wildman–Crippen LogP) is 4.01. The highest BCUT2D eigenvalue weighted by atomic mass is 16.2. The summed E-state index contributed by atoms with van der Waals surface area (Å²) in [5.41, 5.74) is 5.17. The number of rotatable bonds is 4. The minimum Gasteiger partial charge on any atom is -0.348 e. The molecule has 2 N–H and O–H groups in total. The second-order valence-electron chi connectivity index (χ2n) is 10.8. The molecule has 1 unspecified atom stereocenters. The van der Waals surface area contributed by atoms with Crippen molar-refractivity contribution in [1.82, 2.24) is 20.2 Å². The van der Waals surface area contributed by atoms with Gasteiger partial charge in [0.2, 0.25) is 5.91 Å². The van der Waals surface area contributed by atoms with Crippen molar-refractivity contribution >= 4 is 28.5 Å². The van der Waals surface area contributed by atoms with Crippen LogP contribution in [0.5, 0.6) is 0 Å². The molecule has 1 atom stereocenters. The Bertz CT molecular complexity index is 1560. The van der Waals surface area contributed by atoms with Gasteiger partial charge in [0.25, 0.3) is 5.91 Å². The normalized spacial score (nSPS) is 20.9. The number of benzene rings is 2. The Morgan fingerprint density at radius 3 is 2.61 bits per heavy atom. The van der Waals surface area contributed by atoms with E-state index in [4.69, 9.17) is 4.98 Å². The van der Waals surface area contributed by atoms with Crippen LogP contribution in [-0.2, 0) is 29.6 Å². The van der Waals surface area contributed by atoms with E-state index in [9.17, 15) is 9.59 Å². The first-order valence-corrected chi connectivity index (χ1v) is 13.3. The van der Waals surface area contributed by atoms with Crippen LogP contribution in [0.4, 0.5) is 5.82 Å². The monoisotopic (exact) mass is 503 g/mol. The molecule has 0 bridgehead atoms. The second kappa shape index (κ2) is 9.03. The van der Waals surface area contributed by atoms with Crippen LogP contribution in [0.3, 0.4) is 0 Å². The van der Waals surface area contributed by atoms with Gasteiger partial charge in [-0.05, 0) is 66.6 Å². The molecule has 0 saturated carbocycles. The molecular weight excluding hydrogens is 474 g/mol. The quantitative estimate of drug-likeness (QED) is 0.439. The number of nitrogens with one attached hydrogen (secondary N) is 2. The average Bonchev–Trinajstić information content (AvgIpc) is 3.45. The van der Waals surface area contributed by atoms with Crippen LogP contribution in [0.1, 0.15) is 45.6 Å². The van der Waals surface area contributed by atoms with Crippen molar-refractivity contribution in [2.24, 2.45) is 0 Å². The summed E-state index contributed by atoms with van der Waals surface area (Å²) in [5, 5.41) is 7.15. The zero-order valence-corrected chi connectivity index (χ0v) is 21.1. The van der Waals surface area contributed by atoms with E-state index in [1.807, 2.05) is 24.3 Å². The van der Waals surface area contributed by atoms with Gasteiger partial charge in [0.1, 0.15) is 11.5 Å². The van der Waals surface area contributed by atoms with Gasteiger partial charge in [-0.15, -0.1) is 0 Å². The molecule has 38 heavy (non-hydrogen) atoms. The van der Waals surface area contributed by atoms with E-state index in [1.54, 1.807) is 12.3 Å². The number of amides is 2. The maximum atomic E-state index is 13.1. The van der Waals surface area contributed by atoms with Gasteiger partial charge in [-0.25, -0.2) is 9.97 Å². The van der Waals surface area contributed by atoms with E-state index in [1.165, 1.54) is 5.56 Å². The number of carbonyl (C=O) groups excluding carboxylic acids is 2. The van der Waals surface area contributed by atoms with Crippen LogP contribution in [-0.4, -0.2) is 45.8 Å². The summed E-state index contributed by atoms with van der Waals surface area (Å²) in [7, 11) is 0. The van der Waals surface area contributed by atoms with Gasteiger partial charge in [-0.2, -0.15) is 0 Å². The third-order valence-electron chi connectivity index (χ3n) is 8.39. The highest BCUT2D eigenvalue weighted by molar-refractivity contribution is 6.06. The molecule has 4 aromatic rings.